The van der Waals surface area contributed by atoms with Crippen LogP contribution in [0, 0.1) is 0 Å². The van der Waals surface area contributed by atoms with Gasteiger partial charge in [0.1, 0.15) is 5.75 Å². The summed E-state index contributed by atoms with van der Waals surface area (Å²) >= 11 is 11.9. The Balaban J connectivity index is 1.92. The molecule has 0 heterocycles. The zero-order chi connectivity index (χ0) is 16.8. The Morgan fingerprint density at radius 3 is 2.61 bits per heavy atom. The van der Waals surface area contributed by atoms with Gasteiger partial charge in [0.2, 0.25) is 5.91 Å². The van der Waals surface area contributed by atoms with Crippen LogP contribution in [0.2, 0.25) is 10.0 Å². The molecule has 1 amide bonds. The van der Waals surface area contributed by atoms with E-state index in [1.54, 1.807) is 19.2 Å². The molecule has 2 aromatic carbocycles. The molecule has 0 radical (unpaired) electrons. The summed E-state index contributed by atoms with van der Waals surface area (Å²) in [4.78, 5) is 12.1. The number of nitrogens with one attached hydrogen (secondary N) is 1. The minimum Gasteiger partial charge on any atom is -0.496 e. The van der Waals surface area contributed by atoms with Crippen molar-refractivity contribution in [2.45, 2.75) is 25.8 Å². The molecule has 0 fully saturated rings. The van der Waals surface area contributed by atoms with Crippen LogP contribution in [0.3, 0.4) is 0 Å². The van der Waals surface area contributed by atoms with Gasteiger partial charge in [-0.05, 0) is 37.1 Å². The molecule has 0 spiro atoms. The van der Waals surface area contributed by atoms with E-state index in [1.807, 2.05) is 37.3 Å². The van der Waals surface area contributed by atoms with Gasteiger partial charge in [-0.3, -0.25) is 4.79 Å². The number of hydrogen-bond donors (Lipinski definition) is 1. The second kappa shape index (κ2) is 8.23. The number of ether oxygens (including phenoxy) is 1. The Kier molecular flexibility index (Phi) is 6.31. The molecular formula is C18H19Cl2NO2. The van der Waals surface area contributed by atoms with E-state index in [2.05, 4.69) is 5.32 Å². The molecule has 0 aromatic heterocycles. The van der Waals surface area contributed by atoms with E-state index in [1.165, 1.54) is 0 Å². The summed E-state index contributed by atoms with van der Waals surface area (Å²) in [7, 11) is 1.62. The first-order valence-electron chi connectivity index (χ1n) is 7.37. The van der Waals surface area contributed by atoms with Gasteiger partial charge >= 0.3 is 0 Å². The van der Waals surface area contributed by atoms with E-state index in [4.69, 9.17) is 27.9 Å². The van der Waals surface area contributed by atoms with Crippen LogP contribution in [0.5, 0.6) is 5.75 Å². The van der Waals surface area contributed by atoms with Crippen molar-refractivity contribution in [3.8, 4) is 5.75 Å². The number of carbonyl (C=O) groups is 1. The molecule has 0 aliphatic carbocycles. The quantitative estimate of drug-likeness (QED) is 0.810. The first-order chi connectivity index (χ1) is 11.0. The summed E-state index contributed by atoms with van der Waals surface area (Å²) < 4.78 is 5.32. The predicted molar refractivity (Wildman–Crippen MR) is 94.3 cm³/mol. The van der Waals surface area contributed by atoms with Crippen molar-refractivity contribution in [2.75, 3.05) is 7.11 Å². The lowest BCUT2D eigenvalue weighted by Gasteiger charge is -2.17. The highest BCUT2D eigenvalue weighted by atomic mass is 35.5. The Morgan fingerprint density at radius 2 is 1.91 bits per heavy atom. The maximum atomic E-state index is 12.1. The molecule has 3 nitrogen and oxygen atoms in total. The molecule has 0 unspecified atom stereocenters. The topological polar surface area (TPSA) is 38.3 Å². The fourth-order valence-electron chi connectivity index (χ4n) is 2.37. The van der Waals surface area contributed by atoms with Gasteiger partial charge in [-0.1, -0.05) is 47.5 Å². The second-order valence-corrected chi connectivity index (χ2v) is 6.09. The van der Waals surface area contributed by atoms with Gasteiger partial charge in [-0.15, -0.1) is 0 Å². The highest BCUT2D eigenvalue weighted by Crippen LogP contribution is 2.25. The van der Waals surface area contributed by atoms with Crippen LogP contribution >= 0.6 is 23.2 Å². The number of aryl methyl sites for hydroxylation is 1. The average molecular weight is 352 g/mol. The zero-order valence-corrected chi connectivity index (χ0v) is 14.6. The Labute approximate surface area is 146 Å². The van der Waals surface area contributed by atoms with Gasteiger partial charge in [-0.25, -0.2) is 0 Å². The highest BCUT2D eigenvalue weighted by Gasteiger charge is 2.13. The molecule has 1 atom stereocenters. The third kappa shape index (κ3) is 4.88. The fourth-order valence-corrected chi connectivity index (χ4v) is 2.69. The number of para-hydroxylation sites is 1. The van der Waals surface area contributed by atoms with Crippen molar-refractivity contribution >= 4 is 29.1 Å². The molecule has 23 heavy (non-hydrogen) atoms. The van der Waals surface area contributed by atoms with Crippen LogP contribution < -0.4 is 10.1 Å². The summed E-state index contributed by atoms with van der Waals surface area (Å²) in [5, 5.41) is 4.01. The van der Waals surface area contributed by atoms with Crippen LogP contribution in [-0.4, -0.2) is 13.0 Å². The largest absolute Gasteiger partial charge is 0.496 e. The zero-order valence-electron chi connectivity index (χ0n) is 13.1. The average Bonchev–Trinajstić information content (AvgIpc) is 2.55. The summed E-state index contributed by atoms with van der Waals surface area (Å²) in [5.41, 5.74) is 1.94. The van der Waals surface area contributed by atoms with Crippen LogP contribution in [0.15, 0.2) is 42.5 Å². The lowest BCUT2D eigenvalue weighted by molar-refractivity contribution is -0.121. The van der Waals surface area contributed by atoms with E-state index in [-0.39, 0.29) is 11.9 Å². The smallest absolute Gasteiger partial charge is 0.220 e. The normalized spacial score (nSPS) is 11.8. The number of hydrogen-bond acceptors (Lipinski definition) is 2. The maximum absolute atomic E-state index is 12.1. The van der Waals surface area contributed by atoms with Crippen molar-refractivity contribution < 1.29 is 9.53 Å². The predicted octanol–water partition coefficient (Wildman–Crippen LogP) is 4.81. The number of methoxy groups -OCH3 is 1. The highest BCUT2D eigenvalue weighted by molar-refractivity contribution is 6.42. The number of benzene rings is 2. The minimum atomic E-state index is -0.118. The molecule has 0 bridgehead atoms. The summed E-state index contributed by atoms with van der Waals surface area (Å²) in [6, 6.07) is 13.0. The second-order valence-electron chi connectivity index (χ2n) is 5.28. The van der Waals surface area contributed by atoms with Crippen LogP contribution in [0.1, 0.15) is 30.5 Å². The SMILES string of the molecule is COc1ccccc1[C@@H](C)NC(=O)CCc1ccc(Cl)c(Cl)c1. The Bertz CT molecular complexity index is 688. The van der Waals surface area contributed by atoms with Gasteiger partial charge < -0.3 is 10.1 Å². The lowest BCUT2D eigenvalue weighted by atomic mass is 10.1. The molecule has 0 aliphatic heterocycles. The first kappa shape index (κ1) is 17.6. The Hall–Kier alpha value is -1.71. The fraction of sp³-hybridized carbons (Fsp3) is 0.278. The molecule has 1 N–H and O–H groups in total. The summed E-state index contributed by atoms with van der Waals surface area (Å²) in [6.07, 6.45) is 0.999. The molecule has 0 aliphatic rings. The molecule has 2 aromatic rings. The number of amides is 1. The summed E-state index contributed by atoms with van der Waals surface area (Å²) in [5.74, 6) is 0.749. The van der Waals surface area contributed by atoms with Crippen molar-refractivity contribution in [3.63, 3.8) is 0 Å². The molecule has 2 rings (SSSR count). The van der Waals surface area contributed by atoms with E-state index in [0.717, 1.165) is 16.9 Å². The third-order valence-corrected chi connectivity index (χ3v) is 4.35. The van der Waals surface area contributed by atoms with Crippen molar-refractivity contribution in [3.05, 3.63) is 63.6 Å². The van der Waals surface area contributed by atoms with E-state index in [0.29, 0.717) is 22.9 Å². The van der Waals surface area contributed by atoms with Crippen molar-refractivity contribution in [2.24, 2.45) is 0 Å². The molecule has 0 saturated heterocycles. The van der Waals surface area contributed by atoms with Gasteiger partial charge in [0.05, 0.1) is 23.2 Å². The Morgan fingerprint density at radius 1 is 1.17 bits per heavy atom. The maximum Gasteiger partial charge on any atom is 0.220 e. The van der Waals surface area contributed by atoms with Gasteiger partial charge in [0.15, 0.2) is 0 Å². The standard InChI is InChI=1S/C18H19Cl2NO2/c1-12(14-5-3-4-6-17(14)23-2)21-18(22)10-8-13-7-9-15(19)16(20)11-13/h3-7,9,11-12H,8,10H2,1-2H3,(H,21,22)/t12-/m1/s1. The van der Waals surface area contributed by atoms with Gasteiger partial charge in [0, 0.05) is 12.0 Å². The van der Waals surface area contributed by atoms with Crippen molar-refractivity contribution in [1.82, 2.24) is 5.32 Å². The lowest BCUT2D eigenvalue weighted by Crippen LogP contribution is -2.27. The number of halogens is 2. The molecule has 5 heteroatoms. The monoisotopic (exact) mass is 351 g/mol. The minimum absolute atomic E-state index is 0.0190. The van der Waals surface area contributed by atoms with Gasteiger partial charge in [-0.2, -0.15) is 0 Å². The molecule has 0 saturated carbocycles. The third-order valence-electron chi connectivity index (χ3n) is 3.61. The van der Waals surface area contributed by atoms with Crippen LogP contribution in [0.25, 0.3) is 0 Å². The van der Waals surface area contributed by atoms with Gasteiger partial charge in [0.25, 0.3) is 0 Å². The number of carbonyl (C=O) groups excluding carboxylic acids is 1. The van der Waals surface area contributed by atoms with Crippen molar-refractivity contribution in [1.29, 1.82) is 0 Å². The van der Waals surface area contributed by atoms with Crippen LogP contribution in [0.4, 0.5) is 0 Å². The first-order valence-corrected chi connectivity index (χ1v) is 8.13. The molecule has 122 valence electrons. The van der Waals surface area contributed by atoms with E-state index < -0.39 is 0 Å². The number of rotatable bonds is 6. The van der Waals surface area contributed by atoms with E-state index in [9.17, 15) is 4.79 Å². The summed E-state index contributed by atoms with van der Waals surface area (Å²) in [6.45, 7) is 1.94. The van der Waals surface area contributed by atoms with Crippen LogP contribution in [-0.2, 0) is 11.2 Å². The molecular weight excluding hydrogens is 333 g/mol. The van der Waals surface area contributed by atoms with E-state index >= 15 is 0 Å².